The number of halogens is 5. The minimum absolute atomic E-state index is 0.0218. The van der Waals surface area contributed by atoms with E-state index in [1.165, 1.54) is 0 Å². The van der Waals surface area contributed by atoms with Gasteiger partial charge in [-0.2, -0.15) is 0 Å². The molecule has 3 atom stereocenters. The third-order valence-electron chi connectivity index (χ3n) is 5.00. The van der Waals surface area contributed by atoms with E-state index in [1.807, 2.05) is 4.90 Å². The zero-order valence-electron chi connectivity index (χ0n) is 11.9. The molecule has 2 unspecified atom stereocenters. The number of rotatable bonds is 2. The van der Waals surface area contributed by atoms with E-state index in [0.29, 0.717) is 25.9 Å². The average Bonchev–Trinajstić information content (AvgIpc) is 2.56. The van der Waals surface area contributed by atoms with Gasteiger partial charge in [0.05, 0.1) is 0 Å². The van der Waals surface area contributed by atoms with Crippen molar-refractivity contribution in [2.45, 2.75) is 24.6 Å². The number of piperidine rings is 3. The monoisotopic (exact) mass is 339 g/mol. The fourth-order valence-corrected chi connectivity index (χ4v) is 3.90. The molecule has 4 aliphatic rings. The number of allylic oxidation sites excluding steroid dienone is 2. The molecule has 3 fully saturated rings. The summed E-state index contributed by atoms with van der Waals surface area (Å²) >= 11 is 0. The molecule has 0 aromatic rings. The maximum atomic E-state index is 14.5. The fourth-order valence-electron chi connectivity index (χ4n) is 3.90. The van der Waals surface area contributed by atoms with Crippen LogP contribution in [0.4, 0.5) is 26.7 Å². The summed E-state index contributed by atoms with van der Waals surface area (Å²) in [6.07, 6.45) is -4.17. The van der Waals surface area contributed by atoms with Crippen molar-refractivity contribution in [1.29, 1.82) is 0 Å². The maximum absolute atomic E-state index is 14.5. The van der Waals surface area contributed by atoms with Crippen molar-refractivity contribution in [3.8, 4) is 0 Å². The molecule has 1 N–H and O–H groups in total. The van der Waals surface area contributed by atoms with Crippen LogP contribution in [0.15, 0.2) is 23.3 Å². The van der Waals surface area contributed by atoms with Crippen LogP contribution in [0.1, 0.15) is 12.8 Å². The quantitative estimate of drug-likeness (QED) is 0.619. The maximum Gasteiger partial charge on any atom is 0.506 e. The van der Waals surface area contributed by atoms with Crippen LogP contribution < -0.4 is 0 Å². The van der Waals surface area contributed by atoms with Crippen molar-refractivity contribution in [2.24, 2.45) is 11.8 Å². The lowest BCUT2D eigenvalue weighted by Gasteiger charge is -2.52. The first-order valence-electron chi connectivity index (χ1n) is 7.18. The van der Waals surface area contributed by atoms with E-state index in [4.69, 9.17) is 5.11 Å². The van der Waals surface area contributed by atoms with Gasteiger partial charge in [0.1, 0.15) is 0 Å². The molecular weight excluding hydrogens is 325 g/mol. The van der Waals surface area contributed by atoms with Crippen molar-refractivity contribution in [2.75, 3.05) is 19.6 Å². The van der Waals surface area contributed by atoms with Gasteiger partial charge in [-0.1, -0.05) is 0 Å². The average molecular weight is 339 g/mol. The molecule has 0 saturated carbocycles. The van der Waals surface area contributed by atoms with Gasteiger partial charge in [0.25, 0.3) is 0 Å². The second-order valence-electron chi connectivity index (χ2n) is 6.06. The second-order valence-corrected chi connectivity index (χ2v) is 6.06. The van der Waals surface area contributed by atoms with E-state index in [2.05, 4.69) is 4.74 Å². The fraction of sp³-hybridized carbons (Fsp3) is 0.643. The molecule has 2 bridgehead atoms. The van der Waals surface area contributed by atoms with E-state index in [-0.39, 0.29) is 12.5 Å². The molecule has 0 aromatic carbocycles. The van der Waals surface area contributed by atoms with Crippen molar-refractivity contribution >= 4 is 6.16 Å². The Morgan fingerprint density at radius 2 is 1.78 bits per heavy atom. The highest BCUT2D eigenvalue weighted by Gasteiger charge is 2.63. The van der Waals surface area contributed by atoms with Crippen molar-refractivity contribution in [3.63, 3.8) is 0 Å². The lowest BCUT2D eigenvalue weighted by molar-refractivity contribution is -0.135. The first-order chi connectivity index (χ1) is 10.8. The summed E-state index contributed by atoms with van der Waals surface area (Å²) in [5.41, 5.74) is -3.03. The summed E-state index contributed by atoms with van der Waals surface area (Å²) < 4.78 is 74.1. The molecule has 0 amide bonds. The molecule has 3 aliphatic heterocycles. The predicted octanol–water partition coefficient (Wildman–Crippen LogP) is 3.41. The van der Waals surface area contributed by atoms with Crippen LogP contribution in [0.2, 0.25) is 0 Å². The Labute approximate surface area is 128 Å². The Hall–Kier alpha value is -1.64. The number of carbonyl (C=O) groups is 1. The molecule has 4 nitrogen and oxygen atoms in total. The van der Waals surface area contributed by atoms with Crippen LogP contribution in [0.25, 0.3) is 0 Å². The van der Waals surface area contributed by atoms with Gasteiger partial charge in [-0.05, 0) is 31.8 Å². The van der Waals surface area contributed by atoms with E-state index < -0.39 is 47.2 Å². The summed E-state index contributed by atoms with van der Waals surface area (Å²) in [7, 11) is 0. The minimum atomic E-state index is -3.07. The number of hydrogen-bond acceptors (Lipinski definition) is 3. The first kappa shape index (κ1) is 16.2. The standard InChI is InChI=1S/C14H14F5NO3/c15-8-9(16)11(18)14(23-13(21)22,12(19)10(8)17)7-5-20-3-1-6(7)2-4-20/h6-7,11H,1-5H2,(H,21,22)/t7-,11?,14?/m0/s1. The zero-order chi connectivity index (χ0) is 16.9. The van der Waals surface area contributed by atoms with Gasteiger partial charge in [-0.3, -0.25) is 0 Å². The van der Waals surface area contributed by atoms with Crippen LogP contribution in [-0.4, -0.2) is 47.6 Å². The van der Waals surface area contributed by atoms with Crippen molar-refractivity contribution in [3.05, 3.63) is 23.3 Å². The van der Waals surface area contributed by atoms with Gasteiger partial charge in [0.15, 0.2) is 23.3 Å². The molecule has 9 heteroatoms. The number of carboxylic acid groups (broad SMARTS) is 1. The van der Waals surface area contributed by atoms with E-state index in [9.17, 15) is 26.7 Å². The number of nitrogens with zero attached hydrogens (tertiary/aromatic N) is 1. The van der Waals surface area contributed by atoms with Crippen LogP contribution in [0.3, 0.4) is 0 Å². The Kier molecular flexibility index (Phi) is 3.86. The highest BCUT2D eigenvalue weighted by atomic mass is 19.2. The zero-order valence-corrected chi connectivity index (χ0v) is 11.9. The second kappa shape index (κ2) is 5.47. The largest absolute Gasteiger partial charge is 0.506 e. The Morgan fingerprint density at radius 3 is 2.26 bits per heavy atom. The molecular formula is C14H14F5NO3. The number of fused-ring (bicyclic) bond motifs is 3. The van der Waals surface area contributed by atoms with Gasteiger partial charge in [-0.25, -0.2) is 26.7 Å². The summed E-state index contributed by atoms with van der Waals surface area (Å²) in [5, 5.41) is 8.86. The minimum Gasteiger partial charge on any atom is -0.450 e. The first-order valence-corrected chi connectivity index (χ1v) is 7.18. The van der Waals surface area contributed by atoms with Crippen LogP contribution >= 0.6 is 0 Å². The topological polar surface area (TPSA) is 49.8 Å². The number of hydrogen-bond donors (Lipinski definition) is 1. The third-order valence-corrected chi connectivity index (χ3v) is 5.00. The Morgan fingerprint density at radius 1 is 1.17 bits per heavy atom. The Bertz CT molecular complexity index is 599. The third kappa shape index (κ3) is 2.24. The van der Waals surface area contributed by atoms with Crippen molar-refractivity contribution in [1.82, 2.24) is 4.90 Å². The predicted molar refractivity (Wildman–Crippen MR) is 67.9 cm³/mol. The molecule has 4 rings (SSSR count). The Balaban J connectivity index is 2.13. The molecule has 3 saturated heterocycles. The molecule has 0 aromatic heterocycles. The van der Waals surface area contributed by atoms with Crippen LogP contribution in [0.5, 0.6) is 0 Å². The molecule has 0 radical (unpaired) electrons. The van der Waals surface area contributed by atoms with Gasteiger partial charge in [0, 0.05) is 12.5 Å². The van der Waals surface area contributed by atoms with Gasteiger partial charge < -0.3 is 14.7 Å². The normalized spacial score (nSPS) is 40.6. The van der Waals surface area contributed by atoms with Crippen LogP contribution in [-0.2, 0) is 4.74 Å². The van der Waals surface area contributed by atoms with E-state index >= 15 is 0 Å². The molecule has 3 heterocycles. The molecule has 128 valence electrons. The molecule has 0 spiro atoms. The van der Waals surface area contributed by atoms with E-state index in [0.717, 1.165) is 0 Å². The molecule has 1 aliphatic carbocycles. The van der Waals surface area contributed by atoms with Crippen molar-refractivity contribution < 1.29 is 36.6 Å². The van der Waals surface area contributed by atoms with Gasteiger partial charge >= 0.3 is 6.16 Å². The van der Waals surface area contributed by atoms with Crippen LogP contribution in [0, 0.1) is 11.8 Å². The summed E-state index contributed by atoms with van der Waals surface area (Å²) in [6, 6.07) is 0. The smallest absolute Gasteiger partial charge is 0.450 e. The molecule has 23 heavy (non-hydrogen) atoms. The van der Waals surface area contributed by atoms with Gasteiger partial charge in [0.2, 0.25) is 11.8 Å². The van der Waals surface area contributed by atoms with Gasteiger partial charge in [-0.15, -0.1) is 0 Å². The lowest BCUT2D eigenvalue weighted by atomic mass is 9.66. The number of alkyl halides is 1. The number of ether oxygens (including phenoxy) is 1. The lowest BCUT2D eigenvalue weighted by Crippen LogP contribution is -2.62. The highest BCUT2D eigenvalue weighted by Crippen LogP contribution is 2.53. The highest BCUT2D eigenvalue weighted by molar-refractivity contribution is 5.59. The summed E-state index contributed by atoms with van der Waals surface area (Å²) in [6.45, 7) is 1.30. The SMILES string of the molecule is O=C(O)OC1([C@H]2CN3CCC2CC3)C(F)=C(F)C(F)=C(F)C1F. The van der Waals surface area contributed by atoms with E-state index in [1.54, 1.807) is 0 Å². The summed E-state index contributed by atoms with van der Waals surface area (Å²) in [5.74, 6) is -10.3. The summed E-state index contributed by atoms with van der Waals surface area (Å²) in [4.78, 5) is 12.8.